The van der Waals surface area contributed by atoms with E-state index in [9.17, 15) is 18.0 Å². The number of carbonyl (C=O) groups is 2. The summed E-state index contributed by atoms with van der Waals surface area (Å²) in [6.07, 6.45) is 1.01. The monoisotopic (exact) mass is 543 g/mol. The van der Waals surface area contributed by atoms with Gasteiger partial charge in [-0.25, -0.2) is 8.42 Å². The number of anilines is 1. The molecule has 2 aromatic rings. The molecule has 1 unspecified atom stereocenters. The second-order valence-corrected chi connectivity index (χ2v) is 11.3. The molecule has 0 saturated heterocycles. The summed E-state index contributed by atoms with van der Waals surface area (Å²) in [7, 11) is -2.38. The topological polar surface area (TPSA) is 96.0 Å². The van der Waals surface area contributed by atoms with Crippen LogP contribution in [0.15, 0.2) is 42.5 Å². The van der Waals surface area contributed by atoms with Crippen molar-refractivity contribution in [2.75, 3.05) is 30.8 Å². The third-order valence-electron chi connectivity index (χ3n) is 5.23. The van der Waals surface area contributed by atoms with Crippen LogP contribution < -0.4 is 14.4 Å². The molecule has 0 fully saturated rings. The molecule has 35 heavy (non-hydrogen) atoms. The molecule has 11 heteroatoms. The molecule has 192 valence electrons. The number of hydrogen-bond donors (Lipinski definition) is 1. The fourth-order valence-electron chi connectivity index (χ4n) is 3.25. The van der Waals surface area contributed by atoms with Crippen molar-refractivity contribution in [3.05, 3.63) is 58.1 Å². The van der Waals surface area contributed by atoms with Crippen molar-refractivity contribution in [1.29, 1.82) is 0 Å². The fourth-order valence-corrected chi connectivity index (χ4v) is 4.56. The summed E-state index contributed by atoms with van der Waals surface area (Å²) in [5.41, 5.74) is 0.835. The minimum absolute atomic E-state index is 0.0131. The van der Waals surface area contributed by atoms with Crippen LogP contribution in [0.4, 0.5) is 5.69 Å². The normalized spacial score (nSPS) is 12.2. The van der Waals surface area contributed by atoms with E-state index in [0.29, 0.717) is 27.9 Å². The summed E-state index contributed by atoms with van der Waals surface area (Å²) >= 11 is 12.3. The number of sulfonamides is 1. The summed E-state index contributed by atoms with van der Waals surface area (Å²) < 4.78 is 31.4. The molecular formula is C24H31Cl2N3O5S. The molecule has 2 rings (SSSR count). The predicted octanol–water partition coefficient (Wildman–Crippen LogP) is 3.96. The first-order valence-electron chi connectivity index (χ1n) is 11.0. The van der Waals surface area contributed by atoms with E-state index in [0.717, 1.165) is 10.6 Å². The number of methoxy groups -OCH3 is 1. The third-order valence-corrected chi connectivity index (χ3v) is 6.96. The number of benzene rings is 2. The average molecular weight is 545 g/mol. The maximum Gasteiger partial charge on any atom is 0.244 e. The Balaban J connectivity index is 2.41. The smallest absolute Gasteiger partial charge is 0.244 e. The molecule has 0 aliphatic heterocycles. The minimum Gasteiger partial charge on any atom is -0.497 e. The van der Waals surface area contributed by atoms with Gasteiger partial charge < -0.3 is 15.0 Å². The first kappa shape index (κ1) is 28.7. The second kappa shape index (κ2) is 12.5. The highest BCUT2D eigenvalue weighted by atomic mass is 35.5. The number of hydrogen-bond acceptors (Lipinski definition) is 5. The summed E-state index contributed by atoms with van der Waals surface area (Å²) in [6.45, 7) is 5.42. The van der Waals surface area contributed by atoms with Gasteiger partial charge in [0.25, 0.3) is 0 Å². The molecule has 0 aromatic heterocycles. The maximum absolute atomic E-state index is 13.5. The van der Waals surface area contributed by atoms with Gasteiger partial charge in [0.1, 0.15) is 18.3 Å². The fraction of sp³-hybridized carbons (Fsp3) is 0.417. The second-order valence-electron chi connectivity index (χ2n) is 8.54. The van der Waals surface area contributed by atoms with Crippen LogP contribution in [-0.2, 0) is 26.2 Å². The van der Waals surface area contributed by atoms with Crippen molar-refractivity contribution >= 4 is 50.7 Å². The van der Waals surface area contributed by atoms with Crippen LogP contribution in [0.2, 0.25) is 10.0 Å². The van der Waals surface area contributed by atoms with E-state index in [1.165, 1.54) is 18.1 Å². The molecule has 0 radical (unpaired) electrons. The number of halogens is 2. The van der Waals surface area contributed by atoms with Gasteiger partial charge in [0.05, 0.1) is 19.1 Å². The zero-order valence-corrected chi connectivity index (χ0v) is 22.7. The number of nitrogens with zero attached hydrogens (tertiary/aromatic N) is 2. The van der Waals surface area contributed by atoms with Gasteiger partial charge in [0, 0.05) is 29.2 Å². The third kappa shape index (κ3) is 8.30. The molecule has 0 bridgehead atoms. The molecule has 8 nitrogen and oxygen atoms in total. The van der Waals surface area contributed by atoms with Crippen molar-refractivity contribution in [3.63, 3.8) is 0 Å². The largest absolute Gasteiger partial charge is 0.497 e. The van der Waals surface area contributed by atoms with Crippen LogP contribution >= 0.6 is 23.2 Å². The number of rotatable bonds is 11. The van der Waals surface area contributed by atoms with E-state index in [1.54, 1.807) is 43.3 Å². The zero-order valence-electron chi connectivity index (χ0n) is 20.4. The van der Waals surface area contributed by atoms with Crippen molar-refractivity contribution < 1.29 is 22.7 Å². The van der Waals surface area contributed by atoms with Crippen LogP contribution in [0, 0.1) is 5.92 Å². The summed E-state index contributed by atoms with van der Waals surface area (Å²) in [5, 5.41) is 3.58. The van der Waals surface area contributed by atoms with E-state index in [4.69, 9.17) is 27.9 Å². The Kier molecular flexibility index (Phi) is 10.2. The number of carbonyl (C=O) groups excluding carboxylic acids is 2. The number of ether oxygens (including phenoxy) is 1. The maximum atomic E-state index is 13.5. The Morgan fingerprint density at radius 2 is 1.77 bits per heavy atom. The standard InChI is InChI=1S/C24H31Cl2N3O5S/c1-16(2)13-27-24(31)17(3)28(14-18-9-10-19(25)11-22(18)26)23(30)15-29(35(5,32)33)20-7-6-8-21(12-20)34-4/h6-12,16-17H,13-15H2,1-5H3,(H,27,31). The van der Waals surface area contributed by atoms with Gasteiger partial charge in [-0.1, -0.05) is 49.2 Å². The zero-order chi connectivity index (χ0) is 26.3. The average Bonchev–Trinajstić information content (AvgIpc) is 2.79. The number of amides is 2. The van der Waals surface area contributed by atoms with Gasteiger partial charge >= 0.3 is 0 Å². The quantitative estimate of drug-likeness (QED) is 0.462. The highest BCUT2D eigenvalue weighted by molar-refractivity contribution is 7.92. The molecule has 0 aliphatic rings. The summed E-state index contributed by atoms with van der Waals surface area (Å²) in [5.74, 6) is -0.273. The minimum atomic E-state index is -3.84. The Morgan fingerprint density at radius 3 is 2.34 bits per heavy atom. The van der Waals surface area contributed by atoms with Crippen LogP contribution in [0.1, 0.15) is 26.3 Å². The van der Waals surface area contributed by atoms with Crippen LogP contribution in [-0.4, -0.2) is 57.6 Å². The molecule has 0 heterocycles. The van der Waals surface area contributed by atoms with Gasteiger partial charge in [0.2, 0.25) is 21.8 Å². The molecule has 0 spiro atoms. The lowest BCUT2D eigenvalue weighted by atomic mass is 10.1. The Labute approximate surface area is 217 Å². The lowest BCUT2D eigenvalue weighted by Gasteiger charge is -2.32. The van der Waals surface area contributed by atoms with Crippen molar-refractivity contribution in [3.8, 4) is 5.75 Å². The Morgan fingerprint density at radius 1 is 1.09 bits per heavy atom. The van der Waals surface area contributed by atoms with E-state index in [-0.39, 0.29) is 24.1 Å². The van der Waals surface area contributed by atoms with E-state index in [2.05, 4.69) is 5.32 Å². The molecule has 2 aromatic carbocycles. The summed E-state index contributed by atoms with van der Waals surface area (Å²) in [4.78, 5) is 27.7. The Bertz CT molecular complexity index is 1160. The number of nitrogens with one attached hydrogen (secondary N) is 1. The van der Waals surface area contributed by atoms with Crippen LogP contribution in [0.3, 0.4) is 0 Å². The van der Waals surface area contributed by atoms with Crippen LogP contribution in [0.25, 0.3) is 0 Å². The molecule has 1 N–H and O–H groups in total. The van der Waals surface area contributed by atoms with Crippen molar-refractivity contribution in [2.24, 2.45) is 5.92 Å². The lowest BCUT2D eigenvalue weighted by molar-refractivity contribution is -0.139. The molecule has 1 atom stereocenters. The van der Waals surface area contributed by atoms with Crippen LogP contribution in [0.5, 0.6) is 5.75 Å². The van der Waals surface area contributed by atoms with E-state index < -0.39 is 28.5 Å². The highest BCUT2D eigenvalue weighted by Crippen LogP contribution is 2.25. The van der Waals surface area contributed by atoms with Gasteiger partial charge in [-0.2, -0.15) is 0 Å². The predicted molar refractivity (Wildman–Crippen MR) is 140 cm³/mol. The molecule has 2 amide bonds. The molecule has 0 aliphatic carbocycles. The first-order valence-corrected chi connectivity index (χ1v) is 13.6. The van der Waals surface area contributed by atoms with Gasteiger partial charge in [-0.3, -0.25) is 13.9 Å². The van der Waals surface area contributed by atoms with Gasteiger partial charge in [0.15, 0.2) is 0 Å². The van der Waals surface area contributed by atoms with E-state index in [1.807, 2.05) is 13.8 Å². The van der Waals surface area contributed by atoms with Crippen molar-refractivity contribution in [2.45, 2.75) is 33.4 Å². The first-order chi connectivity index (χ1) is 16.3. The highest BCUT2D eigenvalue weighted by Gasteiger charge is 2.30. The van der Waals surface area contributed by atoms with Crippen molar-refractivity contribution in [1.82, 2.24) is 10.2 Å². The Hall–Kier alpha value is -2.49. The van der Waals surface area contributed by atoms with Gasteiger partial charge in [-0.15, -0.1) is 0 Å². The summed E-state index contributed by atoms with van der Waals surface area (Å²) in [6, 6.07) is 10.3. The van der Waals surface area contributed by atoms with E-state index >= 15 is 0 Å². The lowest BCUT2D eigenvalue weighted by Crippen LogP contribution is -2.51. The molecule has 0 saturated carbocycles. The molecular weight excluding hydrogens is 513 g/mol. The SMILES string of the molecule is COc1cccc(N(CC(=O)N(Cc2ccc(Cl)cc2Cl)C(C)C(=O)NCC(C)C)S(C)(=O)=O)c1. The van der Waals surface area contributed by atoms with Gasteiger partial charge in [-0.05, 0) is 42.7 Å².